The Morgan fingerprint density at radius 2 is 2.00 bits per heavy atom. The molecule has 3 aromatic rings. The van der Waals surface area contributed by atoms with Crippen molar-refractivity contribution in [2.75, 3.05) is 26.1 Å². The van der Waals surface area contributed by atoms with Crippen LogP contribution in [0.3, 0.4) is 0 Å². The molecule has 0 radical (unpaired) electrons. The van der Waals surface area contributed by atoms with E-state index in [-0.39, 0.29) is 5.91 Å². The number of hydrogen-bond donors (Lipinski definition) is 0. The number of fused-ring (bicyclic) bond motifs is 1. The number of carbonyl (C=O) groups is 1. The van der Waals surface area contributed by atoms with Gasteiger partial charge in [0.15, 0.2) is 4.80 Å². The topological polar surface area (TPSA) is 52.8 Å². The van der Waals surface area contributed by atoms with Crippen molar-refractivity contribution < 1.29 is 14.3 Å². The van der Waals surface area contributed by atoms with E-state index in [0.29, 0.717) is 31.0 Å². The van der Waals surface area contributed by atoms with Crippen LogP contribution < -0.4 is 9.54 Å². The van der Waals surface area contributed by atoms with E-state index in [2.05, 4.69) is 40.7 Å². The van der Waals surface area contributed by atoms with Crippen LogP contribution in [0.2, 0.25) is 0 Å². The predicted molar refractivity (Wildman–Crippen MR) is 125 cm³/mol. The fraction of sp³-hybridized carbons (Fsp3) is 0.391. The lowest BCUT2D eigenvalue weighted by atomic mass is 10.2. The summed E-state index contributed by atoms with van der Waals surface area (Å²) in [6.45, 7) is 5.89. The second-order valence-electron chi connectivity index (χ2n) is 6.86. The molecule has 7 heteroatoms. The number of nitrogens with zero attached hydrogens (tertiary/aromatic N) is 2. The standard InChI is InChI=1S/C23H28N2O3S2/c1-4-28-18-9-12-20-21(16-18)30-23(25(20)13-14-27-3)24-22(26)6-5-15-29-19-10-7-17(2)8-11-19/h7-12,16H,4-6,13-15H2,1-3H3. The Balaban J connectivity index is 1.69. The first-order valence-electron chi connectivity index (χ1n) is 10.1. The van der Waals surface area contributed by atoms with Crippen LogP contribution in [0.5, 0.6) is 5.75 Å². The van der Waals surface area contributed by atoms with Crippen molar-refractivity contribution in [3.63, 3.8) is 0 Å². The lowest BCUT2D eigenvalue weighted by Crippen LogP contribution is -2.19. The number of thioether (sulfide) groups is 1. The quantitative estimate of drug-likeness (QED) is 0.324. The van der Waals surface area contributed by atoms with Crippen molar-refractivity contribution in [2.45, 2.75) is 38.1 Å². The minimum atomic E-state index is -0.0812. The summed E-state index contributed by atoms with van der Waals surface area (Å²) in [5.41, 5.74) is 2.30. The van der Waals surface area contributed by atoms with Crippen LogP contribution in [0.25, 0.3) is 10.2 Å². The summed E-state index contributed by atoms with van der Waals surface area (Å²) < 4.78 is 14.0. The highest BCUT2D eigenvalue weighted by molar-refractivity contribution is 7.99. The summed E-state index contributed by atoms with van der Waals surface area (Å²) in [5.74, 6) is 1.65. The van der Waals surface area contributed by atoms with Crippen LogP contribution in [-0.4, -0.2) is 36.6 Å². The van der Waals surface area contributed by atoms with Crippen molar-refractivity contribution in [1.82, 2.24) is 4.57 Å². The fourth-order valence-corrected chi connectivity index (χ4v) is 4.96. The molecule has 5 nitrogen and oxygen atoms in total. The SMILES string of the molecule is CCOc1ccc2c(c1)sc(=NC(=O)CCCSc1ccc(C)cc1)n2CCOC. The molecule has 0 spiro atoms. The summed E-state index contributed by atoms with van der Waals surface area (Å²) >= 11 is 3.29. The third-order valence-corrected chi connectivity index (χ3v) is 6.67. The van der Waals surface area contributed by atoms with E-state index in [0.717, 1.165) is 28.1 Å². The number of rotatable bonds is 10. The van der Waals surface area contributed by atoms with Gasteiger partial charge in [-0.25, -0.2) is 0 Å². The maximum atomic E-state index is 12.5. The Hall–Kier alpha value is -2.09. The number of hydrogen-bond acceptors (Lipinski definition) is 5. The third kappa shape index (κ3) is 6.20. The van der Waals surface area contributed by atoms with Gasteiger partial charge in [0.05, 0.1) is 23.4 Å². The average Bonchev–Trinajstić information content (AvgIpc) is 3.07. The Morgan fingerprint density at radius 1 is 1.20 bits per heavy atom. The van der Waals surface area contributed by atoms with Gasteiger partial charge in [0.1, 0.15) is 5.75 Å². The van der Waals surface area contributed by atoms with E-state index in [4.69, 9.17) is 9.47 Å². The lowest BCUT2D eigenvalue weighted by molar-refractivity contribution is -0.118. The number of thiazole rings is 1. The summed E-state index contributed by atoms with van der Waals surface area (Å²) in [4.78, 5) is 18.9. The molecular formula is C23H28N2O3S2. The van der Waals surface area contributed by atoms with Gasteiger partial charge in [-0.15, -0.1) is 11.8 Å². The second-order valence-corrected chi connectivity index (χ2v) is 9.04. The highest BCUT2D eigenvalue weighted by atomic mass is 32.2. The van der Waals surface area contributed by atoms with E-state index >= 15 is 0 Å². The highest BCUT2D eigenvalue weighted by Crippen LogP contribution is 2.24. The molecule has 0 saturated heterocycles. The summed E-state index contributed by atoms with van der Waals surface area (Å²) in [5, 5.41) is 0. The van der Waals surface area contributed by atoms with E-state index in [1.807, 2.05) is 25.1 Å². The van der Waals surface area contributed by atoms with Gasteiger partial charge in [0.25, 0.3) is 0 Å². The van der Waals surface area contributed by atoms with Crippen molar-refractivity contribution in [2.24, 2.45) is 4.99 Å². The number of amides is 1. The van der Waals surface area contributed by atoms with Crippen LogP contribution in [0.15, 0.2) is 52.4 Å². The zero-order valence-corrected chi connectivity index (χ0v) is 19.4. The molecule has 1 aromatic heterocycles. The zero-order chi connectivity index (χ0) is 21.3. The molecule has 0 unspecified atom stereocenters. The van der Waals surface area contributed by atoms with E-state index in [1.54, 1.807) is 18.9 Å². The van der Waals surface area contributed by atoms with Crippen molar-refractivity contribution in [3.8, 4) is 5.75 Å². The maximum Gasteiger partial charge on any atom is 0.248 e. The molecule has 0 aliphatic rings. The molecule has 0 fully saturated rings. The van der Waals surface area contributed by atoms with Gasteiger partial charge in [-0.3, -0.25) is 4.79 Å². The Morgan fingerprint density at radius 3 is 2.73 bits per heavy atom. The number of methoxy groups -OCH3 is 1. The smallest absolute Gasteiger partial charge is 0.248 e. The Kier molecular flexibility index (Phi) is 8.54. The van der Waals surface area contributed by atoms with Crippen LogP contribution in [-0.2, 0) is 16.1 Å². The maximum absolute atomic E-state index is 12.5. The molecular weight excluding hydrogens is 416 g/mol. The number of ether oxygens (including phenoxy) is 2. The summed E-state index contributed by atoms with van der Waals surface area (Å²) in [7, 11) is 1.68. The number of aryl methyl sites for hydroxylation is 1. The molecule has 1 heterocycles. The minimum Gasteiger partial charge on any atom is -0.494 e. The minimum absolute atomic E-state index is 0.0812. The van der Waals surface area contributed by atoms with Gasteiger partial charge < -0.3 is 14.0 Å². The second kappa shape index (κ2) is 11.3. The third-order valence-electron chi connectivity index (χ3n) is 4.53. The van der Waals surface area contributed by atoms with Crippen LogP contribution in [0.4, 0.5) is 0 Å². The summed E-state index contributed by atoms with van der Waals surface area (Å²) in [6, 6.07) is 14.5. The normalized spacial score (nSPS) is 11.9. The highest BCUT2D eigenvalue weighted by Gasteiger charge is 2.09. The first-order valence-corrected chi connectivity index (χ1v) is 11.9. The van der Waals surface area contributed by atoms with Crippen LogP contribution >= 0.6 is 23.1 Å². The van der Waals surface area contributed by atoms with Gasteiger partial charge >= 0.3 is 0 Å². The zero-order valence-electron chi connectivity index (χ0n) is 17.7. The Labute approximate surface area is 185 Å². The fourth-order valence-electron chi connectivity index (χ4n) is 3.00. The molecule has 1 amide bonds. The molecule has 0 N–H and O–H groups in total. The van der Waals surface area contributed by atoms with Gasteiger partial charge in [-0.1, -0.05) is 29.0 Å². The van der Waals surface area contributed by atoms with Gasteiger partial charge in [-0.2, -0.15) is 4.99 Å². The number of benzene rings is 2. The molecule has 0 aliphatic heterocycles. The van der Waals surface area contributed by atoms with Crippen LogP contribution in [0, 0.1) is 6.92 Å². The first-order chi connectivity index (χ1) is 14.6. The molecule has 2 aromatic carbocycles. The van der Waals surface area contributed by atoms with E-state index in [9.17, 15) is 4.79 Å². The number of carbonyl (C=O) groups excluding carboxylic acids is 1. The van der Waals surface area contributed by atoms with Crippen LogP contribution in [0.1, 0.15) is 25.3 Å². The summed E-state index contributed by atoms with van der Waals surface area (Å²) in [6.07, 6.45) is 1.25. The van der Waals surface area contributed by atoms with Crippen molar-refractivity contribution >= 4 is 39.2 Å². The predicted octanol–water partition coefficient (Wildman–Crippen LogP) is 5.06. The average molecular weight is 445 g/mol. The largest absolute Gasteiger partial charge is 0.494 e. The monoisotopic (exact) mass is 444 g/mol. The number of aromatic nitrogens is 1. The van der Waals surface area contributed by atoms with E-state index < -0.39 is 0 Å². The molecule has 0 saturated carbocycles. The molecule has 3 rings (SSSR count). The lowest BCUT2D eigenvalue weighted by Gasteiger charge is -2.06. The molecule has 0 atom stereocenters. The van der Waals surface area contributed by atoms with Gasteiger partial charge in [-0.05, 0) is 56.4 Å². The molecule has 160 valence electrons. The van der Waals surface area contributed by atoms with Gasteiger partial charge in [0, 0.05) is 25.0 Å². The Bertz CT molecular complexity index is 1040. The molecule has 0 aliphatic carbocycles. The van der Waals surface area contributed by atoms with Crippen molar-refractivity contribution in [3.05, 3.63) is 52.8 Å². The first kappa shape index (κ1) is 22.6. The molecule has 0 bridgehead atoms. The van der Waals surface area contributed by atoms with E-state index in [1.165, 1.54) is 21.8 Å². The van der Waals surface area contributed by atoms with Gasteiger partial charge in [0.2, 0.25) is 5.91 Å². The molecule has 30 heavy (non-hydrogen) atoms. The van der Waals surface area contributed by atoms with Crippen molar-refractivity contribution in [1.29, 1.82) is 0 Å².